The van der Waals surface area contributed by atoms with E-state index in [1.807, 2.05) is 19.0 Å². The summed E-state index contributed by atoms with van der Waals surface area (Å²) < 4.78 is 4.62. The third-order valence-corrected chi connectivity index (χ3v) is 3.03. The van der Waals surface area contributed by atoms with Gasteiger partial charge in [-0.25, -0.2) is 9.59 Å². The van der Waals surface area contributed by atoms with Gasteiger partial charge >= 0.3 is 12.0 Å². The van der Waals surface area contributed by atoms with Crippen molar-refractivity contribution in [3.63, 3.8) is 0 Å². The second kappa shape index (κ2) is 8.49. The van der Waals surface area contributed by atoms with Crippen molar-refractivity contribution in [2.24, 2.45) is 0 Å². The van der Waals surface area contributed by atoms with Gasteiger partial charge in [0.05, 0.1) is 23.4 Å². The molecule has 0 saturated heterocycles. The van der Waals surface area contributed by atoms with Gasteiger partial charge in [-0.15, -0.1) is 0 Å². The number of hydrogen-bond donors (Lipinski definition) is 2. The molecule has 0 aliphatic rings. The number of benzene rings is 1. The predicted molar refractivity (Wildman–Crippen MR) is 83.0 cm³/mol. The molecule has 1 rings (SSSR count). The van der Waals surface area contributed by atoms with E-state index in [2.05, 4.69) is 15.4 Å². The number of carbonyl (C=O) groups excluding carboxylic acids is 2. The van der Waals surface area contributed by atoms with Crippen molar-refractivity contribution >= 4 is 29.3 Å². The quantitative estimate of drug-likeness (QED) is 0.624. The van der Waals surface area contributed by atoms with E-state index in [-0.39, 0.29) is 6.03 Å². The number of hydrogen-bond acceptors (Lipinski definition) is 4. The Hall–Kier alpha value is -1.79. The van der Waals surface area contributed by atoms with Crippen LogP contribution in [0.4, 0.5) is 10.5 Å². The second-order valence-electron chi connectivity index (χ2n) is 4.72. The Labute approximate surface area is 129 Å². The molecule has 6 nitrogen and oxygen atoms in total. The van der Waals surface area contributed by atoms with Crippen LogP contribution in [0.25, 0.3) is 0 Å². The second-order valence-corrected chi connectivity index (χ2v) is 5.13. The fraction of sp³-hybridized carbons (Fsp3) is 0.429. The van der Waals surface area contributed by atoms with Crippen LogP contribution in [0.15, 0.2) is 18.2 Å². The first-order valence-electron chi connectivity index (χ1n) is 6.51. The maximum atomic E-state index is 11.7. The summed E-state index contributed by atoms with van der Waals surface area (Å²) in [7, 11) is 5.23. The van der Waals surface area contributed by atoms with Crippen LogP contribution in [0, 0.1) is 0 Å². The number of methoxy groups -OCH3 is 1. The van der Waals surface area contributed by atoms with E-state index in [9.17, 15) is 9.59 Å². The average Bonchev–Trinajstić information content (AvgIpc) is 2.45. The van der Waals surface area contributed by atoms with Crippen molar-refractivity contribution < 1.29 is 14.3 Å². The zero-order chi connectivity index (χ0) is 15.8. The highest BCUT2D eigenvalue weighted by molar-refractivity contribution is 6.33. The van der Waals surface area contributed by atoms with E-state index in [1.165, 1.54) is 25.3 Å². The average molecular weight is 314 g/mol. The monoisotopic (exact) mass is 313 g/mol. The Kier molecular flexibility index (Phi) is 6.98. The molecule has 0 unspecified atom stereocenters. The topological polar surface area (TPSA) is 70.7 Å². The van der Waals surface area contributed by atoms with Crippen molar-refractivity contribution in [1.82, 2.24) is 10.2 Å². The van der Waals surface area contributed by atoms with Crippen molar-refractivity contribution in [1.29, 1.82) is 0 Å². The fourth-order valence-electron chi connectivity index (χ4n) is 1.63. The number of nitrogens with zero attached hydrogens (tertiary/aromatic N) is 1. The van der Waals surface area contributed by atoms with E-state index in [4.69, 9.17) is 11.6 Å². The van der Waals surface area contributed by atoms with Gasteiger partial charge in [-0.3, -0.25) is 0 Å². The zero-order valence-corrected chi connectivity index (χ0v) is 13.2. The molecule has 0 aliphatic heterocycles. The Morgan fingerprint density at radius 1 is 1.33 bits per heavy atom. The number of amides is 2. The Bertz CT molecular complexity index is 506. The molecule has 1 aromatic rings. The van der Waals surface area contributed by atoms with Gasteiger partial charge in [0.25, 0.3) is 0 Å². The summed E-state index contributed by atoms with van der Waals surface area (Å²) >= 11 is 5.99. The molecular formula is C14H20ClN3O3. The van der Waals surface area contributed by atoms with Crippen LogP contribution in [-0.2, 0) is 4.74 Å². The number of nitrogens with one attached hydrogen (secondary N) is 2. The van der Waals surface area contributed by atoms with Gasteiger partial charge in [-0.2, -0.15) is 0 Å². The lowest BCUT2D eigenvalue weighted by molar-refractivity contribution is 0.0600. The molecular weight excluding hydrogens is 294 g/mol. The number of esters is 1. The summed E-state index contributed by atoms with van der Waals surface area (Å²) in [5, 5.41) is 5.69. The van der Waals surface area contributed by atoms with Crippen molar-refractivity contribution in [2.75, 3.05) is 39.6 Å². The van der Waals surface area contributed by atoms with Gasteiger partial charge in [0, 0.05) is 6.54 Å². The van der Waals surface area contributed by atoms with Crippen LogP contribution in [0.2, 0.25) is 5.02 Å². The molecule has 2 N–H and O–H groups in total. The summed E-state index contributed by atoms with van der Waals surface area (Å²) in [6.07, 6.45) is 0.844. The molecule has 7 heteroatoms. The number of rotatable bonds is 6. The van der Waals surface area contributed by atoms with Crippen molar-refractivity contribution in [3.8, 4) is 0 Å². The number of anilines is 1. The Morgan fingerprint density at radius 3 is 2.67 bits per heavy atom. The Morgan fingerprint density at radius 2 is 2.05 bits per heavy atom. The van der Waals surface area contributed by atoms with Gasteiger partial charge in [0.1, 0.15) is 0 Å². The number of carbonyl (C=O) groups is 2. The maximum Gasteiger partial charge on any atom is 0.337 e. The van der Waals surface area contributed by atoms with Crippen LogP contribution in [0.3, 0.4) is 0 Å². The third-order valence-electron chi connectivity index (χ3n) is 2.70. The molecule has 0 fully saturated rings. The maximum absolute atomic E-state index is 11.7. The van der Waals surface area contributed by atoms with E-state index in [0.29, 0.717) is 22.8 Å². The lowest BCUT2D eigenvalue weighted by atomic mass is 10.2. The number of urea groups is 1. The first-order valence-corrected chi connectivity index (χ1v) is 6.89. The lowest BCUT2D eigenvalue weighted by Gasteiger charge is -2.12. The zero-order valence-electron chi connectivity index (χ0n) is 12.4. The minimum Gasteiger partial charge on any atom is -0.465 e. The van der Waals surface area contributed by atoms with Gasteiger partial charge in [-0.05, 0) is 45.3 Å². The smallest absolute Gasteiger partial charge is 0.337 e. The van der Waals surface area contributed by atoms with Gasteiger partial charge in [-0.1, -0.05) is 11.6 Å². The van der Waals surface area contributed by atoms with Crippen LogP contribution >= 0.6 is 11.6 Å². The Balaban J connectivity index is 2.57. The SMILES string of the molecule is COC(=O)c1ccc(Cl)c(NC(=O)NCCCN(C)C)c1. The van der Waals surface area contributed by atoms with Crippen molar-refractivity contribution in [3.05, 3.63) is 28.8 Å². The molecule has 0 aromatic heterocycles. The highest BCUT2D eigenvalue weighted by Gasteiger charge is 2.10. The standard InChI is InChI=1S/C14H20ClN3O3/c1-18(2)8-4-7-16-14(20)17-12-9-10(13(19)21-3)5-6-11(12)15/h5-6,9H,4,7-8H2,1-3H3,(H2,16,17,20). The minimum absolute atomic E-state index is 0.324. The molecule has 0 bridgehead atoms. The summed E-state index contributed by atoms with van der Waals surface area (Å²) in [6.45, 7) is 1.44. The molecule has 0 radical (unpaired) electrons. The first-order chi connectivity index (χ1) is 9.93. The highest BCUT2D eigenvalue weighted by atomic mass is 35.5. The summed E-state index contributed by atoms with van der Waals surface area (Å²) in [6, 6.07) is 4.19. The molecule has 1 aromatic carbocycles. The molecule has 0 saturated carbocycles. The fourth-order valence-corrected chi connectivity index (χ4v) is 1.79. The predicted octanol–water partition coefficient (Wildman–Crippen LogP) is 2.20. The summed E-state index contributed by atoms with van der Waals surface area (Å²) in [5.74, 6) is -0.485. The molecule has 0 heterocycles. The molecule has 0 aliphatic carbocycles. The van der Waals surface area contributed by atoms with Crippen LogP contribution in [0.1, 0.15) is 16.8 Å². The normalized spacial score (nSPS) is 10.3. The van der Waals surface area contributed by atoms with Crippen molar-refractivity contribution in [2.45, 2.75) is 6.42 Å². The highest BCUT2D eigenvalue weighted by Crippen LogP contribution is 2.23. The number of halogens is 1. The van der Waals surface area contributed by atoms with Gasteiger partial charge in [0.15, 0.2) is 0 Å². The number of ether oxygens (including phenoxy) is 1. The van der Waals surface area contributed by atoms with Gasteiger partial charge in [0.2, 0.25) is 0 Å². The molecule has 0 spiro atoms. The van der Waals surface area contributed by atoms with Crippen LogP contribution in [-0.4, -0.2) is 51.2 Å². The summed E-state index contributed by atoms with van der Waals surface area (Å²) in [5.41, 5.74) is 0.689. The lowest BCUT2D eigenvalue weighted by Crippen LogP contribution is -2.31. The third kappa shape index (κ3) is 6.01. The van der Waals surface area contributed by atoms with Crippen LogP contribution in [0.5, 0.6) is 0 Å². The first kappa shape index (κ1) is 17.3. The summed E-state index contributed by atoms with van der Waals surface area (Å²) in [4.78, 5) is 25.2. The molecule has 2 amide bonds. The van der Waals surface area contributed by atoms with Gasteiger partial charge < -0.3 is 20.3 Å². The minimum atomic E-state index is -0.485. The van der Waals surface area contributed by atoms with E-state index in [0.717, 1.165) is 13.0 Å². The van der Waals surface area contributed by atoms with E-state index in [1.54, 1.807) is 0 Å². The molecule has 0 atom stereocenters. The van der Waals surface area contributed by atoms with Crippen LogP contribution < -0.4 is 10.6 Å². The molecule has 116 valence electrons. The largest absolute Gasteiger partial charge is 0.465 e. The molecule has 21 heavy (non-hydrogen) atoms. The van der Waals surface area contributed by atoms with E-state index >= 15 is 0 Å². The van der Waals surface area contributed by atoms with E-state index < -0.39 is 5.97 Å².